The van der Waals surface area contributed by atoms with Crippen molar-refractivity contribution in [3.63, 3.8) is 0 Å². The van der Waals surface area contributed by atoms with Gasteiger partial charge in [-0.3, -0.25) is 0 Å². The summed E-state index contributed by atoms with van der Waals surface area (Å²) in [5.74, 6) is 1.20. The molecule has 2 aromatic rings. The molecule has 64 valence electrons. The molecule has 0 radical (unpaired) electrons. The second-order valence-corrected chi connectivity index (χ2v) is 3.02. The van der Waals surface area contributed by atoms with Crippen molar-refractivity contribution >= 4 is 11.2 Å². The molecule has 0 aliphatic heterocycles. The first kappa shape index (κ1) is 7.21. The first-order valence-electron chi connectivity index (χ1n) is 3.93. The summed E-state index contributed by atoms with van der Waals surface area (Å²) in [4.78, 5) is 15.5. The molecule has 2 rings (SSSR count). The van der Waals surface area contributed by atoms with E-state index in [-0.39, 0.29) is 1.43 Å². The summed E-state index contributed by atoms with van der Waals surface area (Å²) >= 11 is 0. The standard InChI is InChI=1S/C8H10N4.H2/c1-5(2)7-9-3-6-8(12-7)11-4-10-6;/h3-5H,1-2H3,(H,9,10,11,12);1H. The van der Waals surface area contributed by atoms with Gasteiger partial charge in [-0.15, -0.1) is 0 Å². The molecule has 0 aliphatic carbocycles. The second-order valence-electron chi connectivity index (χ2n) is 3.02. The van der Waals surface area contributed by atoms with Crippen molar-refractivity contribution in [2.45, 2.75) is 19.8 Å². The number of aromatic amines is 1. The van der Waals surface area contributed by atoms with Gasteiger partial charge < -0.3 is 4.98 Å². The highest BCUT2D eigenvalue weighted by atomic mass is 15.0. The molecule has 0 aromatic carbocycles. The SMILES string of the molecule is CC(C)c1ncc2[nH]cnc2n1.[HH]. The van der Waals surface area contributed by atoms with Crippen LogP contribution in [0.1, 0.15) is 27.0 Å². The Morgan fingerprint density at radius 2 is 2.25 bits per heavy atom. The highest BCUT2D eigenvalue weighted by molar-refractivity contribution is 5.68. The van der Waals surface area contributed by atoms with E-state index in [9.17, 15) is 0 Å². The molecule has 0 saturated carbocycles. The van der Waals surface area contributed by atoms with Gasteiger partial charge in [0, 0.05) is 7.34 Å². The van der Waals surface area contributed by atoms with Gasteiger partial charge in [0.05, 0.1) is 12.5 Å². The molecule has 0 unspecified atom stereocenters. The van der Waals surface area contributed by atoms with Crippen LogP contribution in [0.4, 0.5) is 0 Å². The summed E-state index contributed by atoms with van der Waals surface area (Å²) in [5, 5.41) is 0. The van der Waals surface area contributed by atoms with Crippen molar-refractivity contribution < 1.29 is 1.43 Å². The van der Waals surface area contributed by atoms with Crippen molar-refractivity contribution in [1.29, 1.82) is 0 Å². The molecule has 2 heterocycles. The van der Waals surface area contributed by atoms with E-state index in [0.717, 1.165) is 17.0 Å². The third-order valence-electron chi connectivity index (χ3n) is 1.71. The number of fused-ring (bicyclic) bond motifs is 1. The summed E-state index contributed by atoms with van der Waals surface area (Å²) in [6, 6.07) is 0. The van der Waals surface area contributed by atoms with Crippen LogP contribution in [0, 0.1) is 0 Å². The Balaban J connectivity index is 0.000000845. The third-order valence-corrected chi connectivity index (χ3v) is 1.71. The molecule has 2 aromatic heterocycles. The third kappa shape index (κ3) is 1.05. The summed E-state index contributed by atoms with van der Waals surface area (Å²) in [7, 11) is 0. The summed E-state index contributed by atoms with van der Waals surface area (Å²) < 4.78 is 0. The number of aromatic nitrogens is 4. The molecule has 1 N–H and O–H groups in total. The molecule has 0 aliphatic rings. The fourth-order valence-electron chi connectivity index (χ4n) is 1.03. The Bertz CT molecular complexity index is 396. The van der Waals surface area contributed by atoms with E-state index in [1.807, 2.05) is 0 Å². The minimum Gasteiger partial charge on any atom is -0.342 e. The molecule has 0 spiro atoms. The Hall–Kier alpha value is -1.45. The molecular weight excluding hydrogens is 152 g/mol. The van der Waals surface area contributed by atoms with Crippen molar-refractivity contribution in [2.75, 3.05) is 0 Å². The molecule has 0 amide bonds. The number of hydrogen-bond donors (Lipinski definition) is 1. The Morgan fingerprint density at radius 1 is 1.42 bits per heavy atom. The van der Waals surface area contributed by atoms with E-state index in [0.29, 0.717) is 5.92 Å². The summed E-state index contributed by atoms with van der Waals surface area (Å²) in [5.41, 5.74) is 1.63. The average Bonchev–Trinajstić information content (AvgIpc) is 2.49. The van der Waals surface area contributed by atoms with Crippen LogP contribution < -0.4 is 0 Å². The molecular formula is C8H12N4. The first-order chi connectivity index (χ1) is 5.77. The lowest BCUT2D eigenvalue weighted by Gasteiger charge is -2.00. The number of rotatable bonds is 1. The molecule has 0 bridgehead atoms. The summed E-state index contributed by atoms with van der Waals surface area (Å²) in [6.07, 6.45) is 3.40. The van der Waals surface area contributed by atoms with Crippen LogP contribution in [0.5, 0.6) is 0 Å². The monoisotopic (exact) mass is 164 g/mol. The fourth-order valence-corrected chi connectivity index (χ4v) is 1.03. The average molecular weight is 164 g/mol. The van der Waals surface area contributed by atoms with Crippen LogP contribution in [0.2, 0.25) is 0 Å². The van der Waals surface area contributed by atoms with Gasteiger partial charge in [0.25, 0.3) is 0 Å². The predicted molar refractivity (Wildman–Crippen MR) is 47.9 cm³/mol. The smallest absolute Gasteiger partial charge is 0.180 e. The van der Waals surface area contributed by atoms with Crippen molar-refractivity contribution in [2.24, 2.45) is 0 Å². The van der Waals surface area contributed by atoms with Crippen LogP contribution in [-0.4, -0.2) is 19.9 Å². The Morgan fingerprint density at radius 3 is 3.00 bits per heavy atom. The second kappa shape index (κ2) is 2.55. The van der Waals surface area contributed by atoms with E-state index in [1.54, 1.807) is 12.5 Å². The highest BCUT2D eigenvalue weighted by Gasteiger charge is 2.04. The maximum Gasteiger partial charge on any atom is 0.180 e. The number of H-pyrrole nitrogens is 1. The van der Waals surface area contributed by atoms with E-state index < -0.39 is 0 Å². The maximum atomic E-state index is 4.28. The van der Waals surface area contributed by atoms with E-state index >= 15 is 0 Å². The molecule has 4 nitrogen and oxygen atoms in total. The van der Waals surface area contributed by atoms with Gasteiger partial charge >= 0.3 is 0 Å². The minimum absolute atomic E-state index is 0. The van der Waals surface area contributed by atoms with E-state index in [2.05, 4.69) is 33.8 Å². The van der Waals surface area contributed by atoms with E-state index in [1.165, 1.54) is 0 Å². The van der Waals surface area contributed by atoms with Crippen LogP contribution in [0.25, 0.3) is 11.2 Å². The maximum absolute atomic E-state index is 4.28. The number of imidazole rings is 1. The largest absolute Gasteiger partial charge is 0.342 e. The van der Waals surface area contributed by atoms with Gasteiger partial charge in [0.1, 0.15) is 11.3 Å². The number of hydrogen-bond acceptors (Lipinski definition) is 3. The quantitative estimate of drug-likeness (QED) is 0.698. The number of nitrogens with one attached hydrogen (secondary N) is 1. The van der Waals surface area contributed by atoms with Gasteiger partial charge in [-0.25, -0.2) is 15.0 Å². The van der Waals surface area contributed by atoms with Crippen LogP contribution >= 0.6 is 0 Å². The van der Waals surface area contributed by atoms with Crippen LogP contribution in [0.15, 0.2) is 12.5 Å². The Kier molecular flexibility index (Phi) is 1.53. The topological polar surface area (TPSA) is 54.5 Å². The zero-order valence-corrected chi connectivity index (χ0v) is 7.07. The fraction of sp³-hybridized carbons (Fsp3) is 0.375. The van der Waals surface area contributed by atoms with Crippen molar-refractivity contribution in [3.8, 4) is 0 Å². The molecule has 12 heavy (non-hydrogen) atoms. The van der Waals surface area contributed by atoms with Gasteiger partial charge in [-0.2, -0.15) is 0 Å². The zero-order chi connectivity index (χ0) is 8.55. The van der Waals surface area contributed by atoms with Gasteiger partial charge in [0.2, 0.25) is 0 Å². The highest BCUT2D eigenvalue weighted by Crippen LogP contribution is 2.11. The molecule has 0 atom stereocenters. The van der Waals surface area contributed by atoms with Crippen LogP contribution in [-0.2, 0) is 0 Å². The Labute approximate surface area is 71.6 Å². The van der Waals surface area contributed by atoms with Crippen LogP contribution in [0.3, 0.4) is 0 Å². The predicted octanol–water partition coefficient (Wildman–Crippen LogP) is 1.72. The van der Waals surface area contributed by atoms with E-state index in [4.69, 9.17) is 0 Å². The number of nitrogens with zero attached hydrogens (tertiary/aromatic N) is 3. The first-order valence-corrected chi connectivity index (χ1v) is 3.93. The molecule has 0 fully saturated rings. The van der Waals surface area contributed by atoms with Crippen molar-refractivity contribution in [1.82, 2.24) is 19.9 Å². The normalized spacial score (nSPS) is 11.2. The molecule has 0 saturated heterocycles. The molecule has 4 heteroatoms. The van der Waals surface area contributed by atoms with Gasteiger partial charge in [0.15, 0.2) is 5.65 Å². The van der Waals surface area contributed by atoms with Gasteiger partial charge in [-0.05, 0) is 0 Å². The minimum atomic E-state index is 0. The lowest BCUT2D eigenvalue weighted by molar-refractivity contribution is 0.781. The lowest BCUT2D eigenvalue weighted by atomic mass is 10.2. The lowest BCUT2D eigenvalue weighted by Crippen LogP contribution is -1.96. The zero-order valence-electron chi connectivity index (χ0n) is 7.07. The summed E-state index contributed by atoms with van der Waals surface area (Å²) in [6.45, 7) is 4.13. The van der Waals surface area contributed by atoms with Crippen molar-refractivity contribution in [3.05, 3.63) is 18.3 Å². The van der Waals surface area contributed by atoms with Gasteiger partial charge in [-0.1, -0.05) is 13.8 Å².